The molecular formula is C6H10NO. The fourth-order valence-corrected chi connectivity index (χ4v) is 0.327. The van der Waals surface area contributed by atoms with E-state index in [-0.39, 0.29) is 0 Å². The standard InChI is InChI=1S/C6H10NO/c1-5(2)3-4-6(7)8/h7H,1,3-4H2,2H3. The number of nitrogens with one attached hydrogen (secondary N) is 1. The summed E-state index contributed by atoms with van der Waals surface area (Å²) in [6.07, 6.45) is 0.970. The van der Waals surface area contributed by atoms with Gasteiger partial charge in [-0.1, -0.05) is 5.57 Å². The minimum absolute atomic E-state index is 0.315. The van der Waals surface area contributed by atoms with Gasteiger partial charge < -0.3 is 0 Å². The van der Waals surface area contributed by atoms with Gasteiger partial charge in [0.15, 0.2) is 0 Å². The number of hydrogen-bond acceptors (Lipinski definition) is 1. The largest absolute Gasteiger partial charge is 0.273 e. The summed E-state index contributed by atoms with van der Waals surface area (Å²) in [5.41, 5.74) is 7.45. The van der Waals surface area contributed by atoms with Crippen LogP contribution in [0.15, 0.2) is 12.2 Å². The smallest absolute Gasteiger partial charge is 0.238 e. The molecule has 0 saturated heterocycles. The lowest BCUT2D eigenvalue weighted by Gasteiger charge is -1.90. The van der Waals surface area contributed by atoms with Gasteiger partial charge in [-0.15, -0.1) is 6.58 Å². The van der Waals surface area contributed by atoms with Gasteiger partial charge >= 0.3 is 0 Å². The topological polar surface area (TPSA) is 40.9 Å². The van der Waals surface area contributed by atoms with Crippen molar-refractivity contribution in [1.29, 1.82) is 0 Å². The van der Waals surface area contributed by atoms with E-state index < -0.39 is 5.91 Å². The number of allylic oxidation sites excluding steroid dienone is 1. The van der Waals surface area contributed by atoms with Crippen molar-refractivity contribution < 1.29 is 4.79 Å². The summed E-state index contributed by atoms with van der Waals surface area (Å²) in [6, 6.07) is 0. The average Bonchev–Trinajstić information content (AvgIpc) is 1.61. The molecule has 2 nitrogen and oxygen atoms in total. The lowest BCUT2D eigenvalue weighted by Crippen LogP contribution is -1.96. The molecule has 0 aliphatic heterocycles. The van der Waals surface area contributed by atoms with Crippen LogP contribution in [0.2, 0.25) is 0 Å². The second-order valence-electron chi connectivity index (χ2n) is 1.88. The Hall–Kier alpha value is -0.790. The molecule has 0 unspecified atom stereocenters. The Morgan fingerprint density at radius 3 is 2.25 bits per heavy atom. The van der Waals surface area contributed by atoms with Crippen LogP contribution >= 0.6 is 0 Å². The third-order valence-corrected chi connectivity index (χ3v) is 0.779. The predicted octanol–water partition coefficient (Wildman–Crippen LogP) is 1.15. The van der Waals surface area contributed by atoms with Gasteiger partial charge in [0.2, 0.25) is 5.91 Å². The highest BCUT2D eigenvalue weighted by atomic mass is 16.1. The molecule has 2 heteroatoms. The van der Waals surface area contributed by atoms with Crippen LogP contribution in [0, 0.1) is 0 Å². The zero-order chi connectivity index (χ0) is 6.57. The Morgan fingerprint density at radius 1 is 1.62 bits per heavy atom. The molecule has 0 rings (SSSR count). The number of carbonyl (C=O) groups excluding carboxylic acids is 1. The van der Waals surface area contributed by atoms with E-state index in [2.05, 4.69) is 6.58 Å². The first-order valence-electron chi connectivity index (χ1n) is 2.51. The van der Waals surface area contributed by atoms with Crippen LogP contribution in [0.25, 0.3) is 0 Å². The molecule has 0 fully saturated rings. The zero-order valence-electron chi connectivity index (χ0n) is 5.03. The summed E-state index contributed by atoms with van der Waals surface area (Å²) >= 11 is 0. The number of rotatable bonds is 3. The van der Waals surface area contributed by atoms with Crippen molar-refractivity contribution in [2.24, 2.45) is 0 Å². The monoisotopic (exact) mass is 112 g/mol. The Labute approximate surface area is 49.4 Å². The summed E-state index contributed by atoms with van der Waals surface area (Å²) in [4.78, 5) is 9.97. The highest BCUT2D eigenvalue weighted by Gasteiger charge is 1.92. The van der Waals surface area contributed by atoms with Crippen LogP contribution < -0.4 is 5.73 Å². The van der Waals surface area contributed by atoms with Gasteiger partial charge in [0.05, 0.1) is 0 Å². The SMILES string of the molecule is C=C(C)CCC([NH])=O. The van der Waals surface area contributed by atoms with Crippen LogP contribution in [-0.2, 0) is 4.79 Å². The molecule has 0 aliphatic carbocycles. The molecule has 0 aromatic rings. The minimum Gasteiger partial charge on any atom is -0.273 e. The van der Waals surface area contributed by atoms with Crippen LogP contribution in [0.4, 0.5) is 0 Å². The Kier molecular flexibility index (Phi) is 2.92. The Balaban J connectivity index is 3.18. The predicted molar refractivity (Wildman–Crippen MR) is 32.2 cm³/mol. The first-order valence-corrected chi connectivity index (χ1v) is 2.51. The van der Waals surface area contributed by atoms with E-state index >= 15 is 0 Å². The molecule has 0 aliphatic rings. The summed E-state index contributed by atoms with van der Waals surface area (Å²) in [6.45, 7) is 5.44. The maximum atomic E-state index is 9.97. The van der Waals surface area contributed by atoms with Crippen LogP contribution in [0.1, 0.15) is 19.8 Å². The molecule has 0 spiro atoms. The quantitative estimate of drug-likeness (QED) is 0.505. The highest BCUT2D eigenvalue weighted by Crippen LogP contribution is 1.98. The van der Waals surface area contributed by atoms with E-state index in [4.69, 9.17) is 5.73 Å². The molecule has 0 aromatic heterocycles. The van der Waals surface area contributed by atoms with Crippen molar-refractivity contribution in [3.8, 4) is 0 Å². The van der Waals surface area contributed by atoms with Gasteiger partial charge in [0, 0.05) is 6.42 Å². The third-order valence-electron chi connectivity index (χ3n) is 0.779. The summed E-state index contributed by atoms with van der Waals surface area (Å²) in [5, 5.41) is 0. The number of carbonyl (C=O) groups is 1. The van der Waals surface area contributed by atoms with Crippen molar-refractivity contribution in [2.75, 3.05) is 0 Å². The maximum absolute atomic E-state index is 9.97. The molecule has 0 aromatic carbocycles. The van der Waals surface area contributed by atoms with E-state index in [1.54, 1.807) is 0 Å². The van der Waals surface area contributed by atoms with E-state index in [0.717, 1.165) is 5.57 Å². The number of hydrogen-bond donors (Lipinski definition) is 0. The van der Waals surface area contributed by atoms with Crippen molar-refractivity contribution >= 4 is 5.91 Å². The Bertz CT molecular complexity index is 93.1. The normalized spacial score (nSPS) is 8.62. The van der Waals surface area contributed by atoms with Gasteiger partial charge in [0.25, 0.3) is 0 Å². The van der Waals surface area contributed by atoms with Crippen LogP contribution in [0.5, 0.6) is 0 Å². The number of amides is 1. The van der Waals surface area contributed by atoms with Gasteiger partial charge in [0.1, 0.15) is 0 Å². The average molecular weight is 112 g/mol. The highest BCUT2D eigenvalue weighted by molar-refractivity contribution is 5.73. The van der Waals surface area contributed by atoms with Gasteiger partial charge in [-0.3, -0.25) is 10.5 Å². The molecule has 0 bridgehead atoms. The molecule has 1 amide bonds. The fourth-order valence-electron chi connectivity index (χ4n) is 0.327. The third kappa shape index (κ3) is 5.21. The molecule has 0 saturated carbocycles. The van der Waals surface area contributed by atoms with Gasteiger partial charge in [-0.05, 0) is 13.3 Å². The van der Waals surface area contributed by atoms with E-state index in [9.17, 15) is 4.79 Å². The molecule has 8 heavy (non-hydrogen) atoms. The molecule has 0 heterocycles. The molecular weight excluding hydrogens is 102 g/mol. The summed E-state index contributed by atoms with van der Waals surface area (Å²) in [5.74, 6) is -0.506. The van der Waals surface area contributed by atoms with Gasteiger partial charge in [-0.25, -0.2) is 0 Å². The molecule has 1 radical (unpaired) electrons. The van der Waals surface area contributed by atoms with Gasteiger partial charge in [-0.2, -0.15) is 0 Å². The van der Waals surface area contributed by atoms with Crippen molar-refractivity contribution in [1.82, 2.24) is 5.73 Å². The molecule has 0 atom stereocenters. The lowest BCUT2D eigenvalue weighted by molar-refractivity contribution is -0.118. The second kappa shape index (κ2) is 3.24. The van der Waals surface area contributed by atoms with E-state index in [1.807, 2.05) is 6.92 Å². The maximum Gasteiger partial charge on any atom is 0.238 e. The first kappa shape index (κ1) is 7.21. The zero-order valence-corrected chi connectivity index (χ0v) is 5.03. The fraction of sp³-hybridized carbons (Fsp3) is 0.500. The van der Waals surface area contributed by atoms with E-state index in [0.29, 0.717) is 12.8 Å². The summed E-state index contributed by atoms with van der Waals surface area (Å²) < 4.78 is 0. The first-order chi connectivity index (χ1) is 3.63. The van der Waals surface area contributed by atoms with Crippen LogP contribution in [0.3, 0.4) is 0 Å². The summed E-state index contributed by atoms with van der Waals surface area (Å²) in [7, 11) is 0. The minimum atomic E-state index is -0.506. The van der Waals surface area contributed by atoms with Crippen LogP contribution in [-0.4, -0.2) is 5.91 Å². The van der Waals surface area contributed by atoms with Crippen molar-refractivity contribution in [3.63, 3.8) is 0 Å². The van der Waals surface area contributed by atoms with Crippen molar-refractivity contribution in [2.45, 2.75) is 19.8 Å². The molecule has 45 valence electrons. The van der Waals surface area contributed by atoms with Crippen molar-refractivity contribution in [3.05, 3.63) is 12.2 Å². The lowest BCUT2D eigenvalue weighted by atomic mass is 10.2. The van der Waals surface area contributed by atoms with E-state index in [1.165, 1.54) is 0 Å². The Morgan fingerprint density at radius 2 is 2.12 bits per heavy atom. The second-order valence-corrected chi connectivity index (χ2v) is 1.88. The molecule has 1 N–H and O–H groups in total.